The third-order valence-corrected chi connectivity index (χ3v) is 4.95. The van der Waals surface area contributed by atoms with E-state index in [-0.39, 0.29) is 5.69 Å². The van der Waals surface area contributed by atoms with Gasteiger partial charge in [0.15, 0.2) is 0 Å². The van der Waals surface area contributed by atoms with Gasteiger partial charge < -0.3 is 4.74 Å². The van der Waals surface area contributed by atoms with Crippen molar-refractivity contribution in [3.8, 4) is 5.75 Å². The lowest BCUT2D eigenvalue weighted by atomic mass is 10.1. The van der Waals surface area contributed by atoms with E-state index in [1.807, 2.05) is 24.3 Å². The molecule has 0 bridgehead atoms. The largest absolute Gasteiger partial charge is 0.494 e. The lowest BCUT2D eigenvalue weighted by Crippen LogP contribution is -2.19. The van der Waals surface area contributed by atoms with E-state index in [1.165, 1.54) is 62.8 Å². The third-order valence-electron chi connectivity index (χ3n) is 4.95. The van der Waals surface area contributed by atoms with Crippen LogP contribution in [0, 0.1) is 10.1 Å². The Bertz CT molecular complexity index is 861. The molecule has 0 saturated heterocycles. The highest BCUT2D eigenvalue weighted by molar-refractivity contribution is 6.00. The molecule has 2 rings (SSSR count). The van der Waals surface area contributed by atoms with Gasteiger partial charge in [0.2, 0.25) is 0 Å². The number of benzene rings is 2. The molecule has 0 heterocycles. The van der Waals surface area contributed by atoms with E-state index in [9.17, 15) is 14.9 Å². The van der Waals surface area contributed by atoms with Gasteiger partial charge >= 0.3 is 0 Å². The number of nitro benzene ring substituents is 1. The second-order valence-corrected chi connectivity index (χ2v) is 7.44. The molecule has 0 unspecified atom stereocenters. The summed E-state index contributed by atoms with van der Waals surface area (Å²) in [7, 11) is 0. The van der Waals surface area contributed by atoms with Crippen molar-refractivity contribution < 1.29 is 14.5 Å². The van der Waals surface area contributed by atoms with Crippen LogP contribution in [0.1, 0.15) is 74.7 Å². The molecular formula is C24H31N3O4. The molecular weight excluding hydrogens is 394 g/mol. The maximum Gasteiger partial charge on any atom is 0.271 e. The number of ether oxygens (including phenoxy) is 1. The predicted molar refractivity (Wildman–Crippen MR) is 123 cm³/mol. The molecule has 166 valence electrons. The number of hydrogen-bond donors (Lipinski definition) is 1. The zero-order valence-corrected chi connectivity index (χ0v) is 18.3. The van der Waals surface area contributed by atoms with Crippen LogP contribution in [0.3, 0.4) is 0 Å². The summed E-state index contributed by atoms with van der Waals surface area (Å²) in [6.07, 6.45) is 8.76. The average molecular weight is 426 g/mol. The molecule has 1 N–H and O–H groups in total. The van der Waals surface area contributed by atoms with Gasteiger partial charge in [-0.3, -0.25) is 14.9 Å². The van der Waals surface area contributed by atoms with Gasteiger partial charge in [-0.15, -0.1) is 0 Å². The Morgan fingerprint density at radius 3 is 2.13 bits per heavy atom. The second kappa shape index (κ2) is 13.2. The quantitative estimate of drug-likeness (QED) is 0.188. The summed E-state index contributed by atoms with van der Waals surface area (Å²) in [6, 6.07) is 13.0. The topological polar surface area (TPSA) is 93.8 Å². The molecule has 2 aromatic rings. The van der Waals surface area contributed by atoms with Gasteiger partial charge in [0, 0.05) is 17.7 Å². The van der Waals surface area contributed by atoms with E-state index < -0.39 is 10.8 Å². The molecule has 2 aromatic carbocycles. The molecule has 0 aliphatic carbocycles. The molecule has 0 spiro atoms. The first-order chi connectivity index (χ1) is 15.0. The van der Waals surface area contributed by atoms with E-state index >= 15 is 0 Å². The lowest BCUT2D eigenvalue weighted by Gasteiger charge is -2.08. The van der Waals surface area contributed by atoms with Crippen LogP contribution in [-0.4, -0.2) is 23.1 Å². The lowest BCUT2D eigenvalue weighted by molar-refractivity contribution is -0.384. The zero-order valence-electron chi connectivity index (χ0n) is 18.3. The van der Waals surface area contributed by atoms with Crippen LogP contribution in [0.5, 0.6) is 5.75 Å². The highest BCUT2D eigenvalue weighted by Gasteiger charge is 2.09. The van der Waals surface area contributed by atoms with Crippen LogP contribution in [0.4, 0.5) is 5.69 Å². The summed E-state index contributed by atoms with van der Waals surface area (Å²) in [5.74, 6) is 0.390. The number of carbonyl (C=O) groups is 1. The second-order valence-electron chi connectivity index (χ2n) is 7.44. The Balaban J connectivity index is 1.76. The van der Waals surface area contributed by atoms with E-state index in [2.05, 4.69) is 17.5 Å². The van der Waals surface area contributed by atoms with Crippen molar-refractivity contribution in [2.45, 2.75) is 58.8 Å². The van der Waals surface area contributed by atoms with Crippen LogP contribution in [-0.2, 0) is 0 Å². The fourth-order valence-electron chi connectivity index (χ4n) is 3.04. The number of hydrazone groups is 1. The number of nitrogens with zero attached hydrogens (tertiary/aromatic N) is 2. The Kier molecular flexibility index (Phi) is 10.2. The van der Waals surface area contributed by atoms with Gasteiger partial charge in [-0.1, -0.05) is 45.4 Å². The van der Waals surface area contributed by atoms with Crippen molar-refractivity contribution in [1.82, 2.24) is 5.43 Å². The maximum atomic E-state index is 12.2. The Hall–Kier alpha value is -3.22. The summed E-state index contributed by atoms with van der Waals surface area (Å²) in [4.78, 5) is 22.3. The molecule has 0 aliphatic heterocycles. The molecule has 1 amide bonds. The first kappa shape index (κ1) is 24.1. The summed E-state index contributed by atoms with van der Waals surface area (Å²) in [6.45, 7) is 4.74. The summed E-state index contributed by atoms with van der Waals surface area (Å²) < 4.78 is 5.79. The minimum Gasteiger partial charge on any atom is -0.494 e. The highest BCUT2D eigenvalue weighted by Crippen LogP contribution is 2.15. The number of rotatable bonds is 13. The van der Waals surface area contributed by atoms with Crippen molar-refractivity contribution in [2.75, 3.05) is 6.61 Å². The smallest absolute Gasteiger partial charge is 0.271 e. The molecule has 0 aromatic heterocycles. The maximum absolute atomic E-state index is 12.2. The van der Waals surface area contributed by atoms with Crippen LogP contribution < -0.4 is 10.2 Å². The van der Waals surface area contributed by atoms with Crippen molar-refractivity contribution in [2.24, 2.45) is 5.10 Å². The third kappa shape index (κ3) is 8.58. The van der Waals surface area contributed by atoms with Crippen LogP contribution in [0.2, 0.25) is 0 Å². The molecule has 0 aliphatic rings. The Morgan fingerprint density at radius 1 is 0.935 bits per heavy atom. The van der Waals surface area contributed by atoms with Crippen molar-refractivity contribution >= 4 is 17.3 Å². The minimum atomic E-state index is -0.508. The van der Waals surface area contributed by atoms with Gasteiger partial charge in [0.1, 0.15) is 5.75 Å². The molecule has 0 fully saturated rings. The predicted octanol–water partition coefficient (Wildman–Crippen LogP) is 5.88. The Labute approximate surface area is 183 Å². The normalized spacial score (nSPS) is 11.2. The van der Waals surface area contributed by atoms with Crippen LogP contribution >= 0.6 is 0 Å². The van der Waals surface area contributed by atoms with Gasteiger partial charge in [0.25, 0.3) is 11.6 Å². The number of non-ortho nitro benzene ring substituents is 1. The average Bonchev–Trinajstić information content (AvgIpc) is 2.79. The summed E-state index contributed by atoms with van der Waals surface area (Å²) in [5.41, 5.74) is 4.23. The molecule has 0 radical (unpaired) electrons. The standard InChI is InChI=1S/C24H31N3O4/c1-3-4-5-6-7-8-9-18-31-23-16-12-20(13-17-23)19(2)25-26-24(28)21-10-14-22(15-11-21)27(29)30/h10-17H,3-9,18H2,1-2H3,(H,26,28). The van der Waals surface area contributed by atoms with Crippen molar-refractivity contribution in [3.05, 3.63) is 69.8 Å². The zero-order chi connectivity index (χ0) is 22.5. The number of nitrogens with one attached hydrogen (secondary N) is 1. The van der Waals surface area contributed by atoms with Gasteiger partial charge in [0.05, 0.1) is 17.2 Å². The first-order valence-electron chi connectivity index (χ1n) is 10.8. The minimum absolute atomic E-state index is 0.0643. The number of unbranched alkanes of at least 4 members (excludes halogenated alkanes) is 6. The van der Waals surface area contributed by atoms with Gasteiger partial charge in [-0.2, -0.15) is 5.10 Å². The van der Waals surface area contributed by atoms with Gasteiger partial charge in [-0.05, 0) is 55.3 Å². The molecule has 0 saturated carbocycles. The van der Waals surface area contributed by atoms with Gasteiger partial charge in [-0.25, -0.2) is 5.43 Å². The van der Waals surface area contributed by atoms with Crippen LogP contribution in [0.15, 0.2) is 53.6 Å². The molecule has 7 nitrogen and oxygen atoms in total. The first-order valence-corrected chi connectivity index (χ1v) is 10.8. The van der Waals surface area contributed by atoms with E-state index in [4.69, 9.17) is 4.74 Å². The highest BCUT2D eigenvalue weighted by atomic mass is 16.6. The number of carbonyl (C=O) groups excluding carboxylic acids is 1. The summed E-state index contributed by atoms with van der Waals surface area (Å²) >= 11 is 0. The Morgan fingerprint density at radius 2 is 1.52 bits per heavy atom. The molecule has 31 heavy (non-hydrogen) atoms. The molecule has 0 atom stereocenters. The van der Waals surface area contributed by atoms with Crippen molar-refractivity contribution in [3.63, 3.8) is 0 Å². The fourth-order valence-corrected chi connectivity index (χ4v) is 3.04. The van der Waals surface area contributed by atoms with E-state index in [0.29, 0.717) is 17.9 Å². The monoisotopic (exact) mass is 425 g/mol. The molecule has 7 heteroatoms. The van der Waals surface area contributed by atoms with Crippen molar-refractivity contribution in [1.29, 1.82) is 0 Å². The number of hydrogen-bond acceptors (Lipinski definition) is 5. The van der Waals surface area contributed by atoms with E-state index in [0.717, 1.165) is 17.7 Å². The fraction of sp³-hybridized carbons (Fsp3) is 0.417. The number of amides is 1. The van der Waals surface area contributed by atoms with E-state index in [1.54, 1.807) is 6.92 Å². The van der Waals surface area contributed by atoms with Crippen LogP contribution in [0.25, 0.3) is 0 Å². The summed E-state index contributed by atoms with van der Waals surface area (Å²) in [5, 5.41) is 14.8. The number of nitro groups is 1. The SMILES string of the molecule is CCCCCCCCCOc1ccc(C(C)=NNC(=O)c2ccc([N+](=O)[O-])cc2)cc1.